The second kappa shape index (κ2) is 7.77. The van der Waals surface area contributed by atoms with Crippen LogP contribution < -0.4 is 11.5 Å². The minimum absolute atomic E-state index is 0.0446. The summed E-state index contributed by atoms with van der Waals surface area (Å²) >= 11 is 0. The fourth-order valence-corrected chi connectivity index (χ4v) is 2.55. The second-order valence-corrected chi connectivity index (χ2v) is 5.54. The van der Waals surface area contributed by atoms with Crippen molar-refractivity contribution in [3.63, 3.8) is 0 Å². The van der Waals surface area contributed by atoms with E-state index in [0.29, 0.717) is 5.76 Å². The Morgan fingerprint density at radius 1 is 1.46 bits per heavy atom. The van der Waals surface area contributed by atoms with Crippen LogP contribution in [0.25, 0.3) is 11.3 Å². The average Bonchev–Trinajstić information content (AvgIpc) is 2.60. The molecule has 0 bridgehead atoms. The second-order valence-electron chi connectivity index (χ2n) is 5.54. The van der Waals surface area contributed by atoms with Gasteiger partial charge in [-0.15, -0.1) is 0 Å². The largest absolute Gasteiger partial charge is 0.495 e. The number of ether oxygens (including phenoxy) is 1. The zero-order chi connectivity index (χ0) is 19.4. The molecule has 0 aromatic carbocycles. The van der Waals surface area contributed by atoms with Gasteiger partial charge >= 0.3 is 0 Å². The Morgan fingerprint density at radius 2 is 2.15 bits per heavy atom. The monoisotopic (exact) mass is 363 g/mol. The third-order valence-corrected chi connectivity index (χ3v) is 3.89. The van der Waals surface area contributed by atoms with Gasteiger partial charge in [0, 0.05) is 36.8 Å². The summed E-state index contributed by atoms with van der Waals surface area (Å²) in [4.78, 5) is 17.2. The lowest BCUT2D eigenvalue weighted by Crippen LogP contribution is -2.35. The van der Waals surface area contributed by atoms with Crippen LogP contribution in [0.3, 0.4) is 0 Å². The molecule has 2 rings (SSSR count). The number of rotatable bonds is 6. The smallest absolute Gasteiger partial charge is 0.262 e. The number of hydrogen-bond acceptors (Lipinski definition) is 6. The van der Waals surface area contributed by atoms with E-state index in [-0.39, 0.29) is 28.1 Å². The number of primary amides is 1. The molecule has 7 nitrogen and oxygen atoms in total. The minimum Gasteiger partial charge on any atom is -0.495 e. The van der Waals surface area contributed by atoms with Crippen molar-refractivity contribution in [2.45, 2.75) is 12.5 Å². The summed E-state index contributed by atoms with van der Waals surface area (Å²) in [5.41, 5.74) is 12.3. The quantitative estimate of drug-likeness (QED) is 0.663. The van der Waals surface area contributed by atoms with Gasteiger partial charge in [-0.2, -0.15) is 0 Å². The Labute approximate surface area is 149 Å². The highest BCUT2D eigenvalue weighted by Crippen LogP contribution is 2.33. The van der Waals surface area contributed by atoms with Gasteiger partial charge in [-0.1, -0.05) is 0 Å². The molecule has 1 aromatic heterocycles. The van der Waals surface area contributed by atoms with Crippen LogP contribution in [0.2, 0.25) is 0 Å². The highest BCUT2D eigenvalue weighted by molar-refractivity contribution is 6.00. The number of hydrogen-bond donors (Lipinski definition) is 3. The van der Waals surface area contributed by atoms with Crippen molar-refractivity contribution in [1.29, 1.82) is 5.41 Å². The summed E-state index contributed by atoms with van der Waals surface area (Å²) in [6.45, 7) is 0. The summed E-state index contributed by atoms with van der Waals surface area (Å²) in [7, 11) is 2.90. The van der Waals surface area contributed by atoms with Gasteiger partial charge in [0.1, 0.15) is 11.8 Å². The molecule has 0 radical (unpaired) electrons. The van der Waals surface area contributed by atoms with E-state index in [1.807, 2.05) is 0 Å². The number of halogens is 2. The third kappa shape index (κ3) is 3.71. The number of carbonyl (C=O) groups excluding carboxylic acids is 1. The van der Waals surface area contributed by atoms with Crippen molar-refractivity contribution < 1.29 is 18.3 Å². The first-order chi connectivity index (χ1) is 12.3. The zero-order valence-electron chi connectivity index (χ0n) is 14.2. The van der Waals surface area contributed by atoms with Crippen LogP contribution in [0.4, 0.5) is 8.78 Å². The van der Waals surface area contributed by atoms with Gasteiger partial charge in [0.2, 0.25) is 0 Å². The number of nitrogens with one attached hydrogen (secondary N) is 1. The SMILES string of the molecule is COC1=CN(C)C(C(F)F)C=C1c1cc(/C(N)=C/C=N)ncc1C(N)=O. The highest BCUT2D eigenvalue weighted by Gasteiger charge is 2.29. The standard InChI is InChI=1S/C17H19F2N5O2/c1-24-8-15(26-2)10(6-14(24)16(18)19)9-5-13(12(21)3-4-20)23-7-11(9)17(22)25/h3-8,14,16,20H,21H2,1-2H3,(H2,22,25)/b12-3-,20-4?. The van der Waals surface area contributed by atoms with E-state index >= 15 is 0 Å². The Morgan fingerprint density at radius 3 is 2.69 bits per heavy atom. The predicted octanol–water partition coefficient (Wildman–Crippen LogP) is 1.58. The molecule has 1 unspecified atom stereocenters. The first-order valence-electron chi connectivity index (χ1n) is 7.55. The predicted molar refractivity (Wildman–Crippen MR) is 94.3 cm³/mol. The number of carbonyl (C=O) groups is 1. The molecule has 138 valence electrons. The molecule has 9 heteroatoms. The van der Waals surface area contributed by atoms with Crippen molar-refractivity contribution in [2.75, 3.05) is 14.2 Å². The van der Waals surface area contributed by atoms with Gasteiger partial charge in [-0.3, -0.25) is 9.78 Å². The number of alkyl halides is 2. The lowest BCUT2D eigenvalue weighted by Gasteiger charge is -2.30. The Bertz CT molecular complexity index is 817. The highest BCUT2D eigenvalue weighted by atomic mass is 19.3. The molecule has 1 aromatic rings. The molecule has 0 fully saturated rings. The van der Waals surface area contributed by atoms with Crippen molar-refractivity contribution in [3.8, 4) is 0 Å². The maximum atomic E-state index is 13.3. The molecule has 5 N–H and O–H groups in total. The number of nitrogens with zero attached hydrogens (tertiary/aromatic N) is 2. The van der Waals surface area contributed by atoms with Crippen LogP contribution in [-0.4, -0.2) is 48.6 Å². The number of aromatic nitrogens is 1. The molecular weight excluding hydrogens is 344 g/mol. The summed E-state index contributed by atoms with van der Waals surface area (Å²) in [5, 5.41) is 7.09. The Balaban J connectivity index is 2.69. The van der Waals surface area contributed by atoms with E-state index in [4.69, 9.17) is 21.6 Å². The number of pyridine rings is 1. The number of likely N-dealkylation sites (N-methyl/N-ethyl adjacent to an activating group) is 1. The molecule has 0 saturated heterocycles. The zero-order valence-corrected chi connectivity index (χ0v) is 14.2. The average molecular weight is 363 g/mol. The van der Waals surface area contributed by atoms with E-state index in [0.717, 1.165) is 6.21 Å². The lowest BCUT2D eigenvalue weighted by atomic mass is 9.94. The van der Waals surface area contributed by atoms with Crippen LogP contribution in [0.15, 0.2) is 36.4 Å². The maximum Gasteiger partial charge on any atom is 0.262 e. The van der Waals surface area contributed by atoms with Gasteiger partial charge in [0.05, 0.1) is 24.1 Å². The molecule has 2 heterocycles. The van der Waals surface area contributed by atoms with Crippen LogP contribution in [0.5, 0.6) is 0 Å². The van der Waals surface area contributed by atoms with Gasteiger partial charge in [-0.25, -0.2) is 8.78 Å². The summed E-state index contributed by atoms with van der Waals surface area (Å²) in [6, 6.07) is 0.262. The van der Waals surface area contributed by atoms with E-state index < -0.39 is 18.4 Å². The van der Waals surface area contributed by atoms with E-state index in [1.165, 1.54) is 49.7 Å². The minimum atomic E-state index is -2.65. The summed E-state index contributed by atoms with van der Waals surface area (Å²) in [6.07, 6.45) is 3.61. The molecule has 1 atom stereocenters. The van der Waals surface area contributed by atoms with E-state index in [2.05, 4.69) is 4.98 Å². The van der Waals surface area contributed by atoms with Crippen molar-refractivity contribution in [1.82, 2.24) is 9.88 Å². The molecule has 0 saturated carbocycles. The van der Waals surface area contributed by atoms with Gasteiger partial charge in [0.25, 0.3) is 12.3 Å². The summed E-state index contributed by atoms with van der Waals surface area (Å²) < 4.78 is 32.0. The number of nitrogens with two attached hydrogens (primary N) is 2. The van der Waals surface area contributed by atoms with Crippen molar-refractivity contribution >= 4 is 23.4 Å². The number of amides is 1. The number of allylic oxidation sites excluding steroid dienone is 2. The van der Waals surface area contributed by atoms with E-state index in [9.17, 15) is 13.6 Å². The van der Waals surface area contributed by atoms with Crippen LogP contribution >= 0.6 is 0 Å². The topological polar surface area (TPSA) is 118 Å². The normalized spacial score (nSPS) is 17.7. The number of methoxy groups -OCH3 is 1. The molecule has 0 spiro atoms. The molecule has 1 aliphatic rings. The summed E-state index contributed by atoms with van der Waals surface area (Å²) in [5.74, 6) is -0.476. The molecule has 0 aliphatic carbocycles. The Hall–Kier alpha value is -3.23. The maximum absolute atomic E-state index is 13.3. The fraction of sp³-hybridized carbons (Fsp3) is 0.235. The molecule has 26 heavy (non-hydrogen) atoms. The van der Waals surface area contributed by atoms with Crippen molar-refractivity contribution in [2.24, 2.45) is 11.5 Å². The first-order valence-corrected chi connectivity index (χ1v) is 7.55. The van der Waals surface area contributed by atoms with Gasteiger partial charge in [-0.05, 0) is 18.2 Å². The van der Waals surface area contributed by atoms with Crippen LogP contribution in [0, 0.1) is 5.41 Å². The van der Waals surface area contributed by atoms with Crippen LogP contribution in [0.1, 0.15) is 21.6 Å². The van der Waals surface area contributed by atoms with Gasteiger partial charge < -0.3 is 26.5 Å². The first kappa shape index (κ1) is 19.1. The third-order valence-electron chi connectivity index (χ3n) is 3.89. The molecule has 1 aliphatic heterocycles. The van der Waals surface area contributed by atoms with Gasteiger partial charge in [0.15, 0.2) is 0 Å². The Kier molecular flexibility index (Phi) is 5.71. The van der Waals surface area contributed by atoms with Crippen LogP contribution in [-0.2, 0) is 4.74 Å². The molecular formula is C17H19F2N5O2. The lowest BCUT2D eigenvalue weighted by molar-refractivity contribution is 0.0780. The fourth-order valence-electron chi connectivity index (χ4n) is 2.55. The van der Waals surface area contributed by atoms with Crippen molar-refractivity contribution in [3.05, 3.63) is 53.2 Å². The van der Waals surface area contributed by atoms with E-state index in [1.54, 1.807) is 0 Å². The molecule has 1 amide bonds.